The highest BCUT2D eigenvalue weighted by molar-refractivity contribution is 5.92. The summed E-state index contributed by atoms with van der Waals surface area (Å²) in [6.45, 7) is 10.9. The number of likely N-dealkylation sites (N-methyl/N-ethyl adjacent to an activating group) is 1. The summed E-state index contributed by atoms with van der Waals surface area (Å²) in [5.41, 5.74) is 3.37. The van der Waals surface area contributed by atoms with Crippen LogP contribution >= 0.6 is 0 Å². The lowest BCUT2D eigenvalue weighted by Gasteiger charge is -2.42. The fourth-order valence-electron chi connectivity index (χ4n) is 5.28. The van der Waals surface area contributed by atoms with Crippen LogP contribution in [-0.4, -0.2) is 78.8 Å². The number of halogens is 1. The van der Waals surface area contributed by atoms with Crippen molar-refractivity contribution in [2.24, 2.45) is 0 Å². The summed E-state index contributed by atoms with van der Waals surface area (Å²) in [6.07, 6.45) is 5.84. The average Bonchev–Trinajstić information content (AvgIpc) is 2.88. The van der Waals surface area contributed by atoms with E-state index >= 15 is 0 Å². The highest BCUT2D eigenvalue weighted by Gasteiger charge is 2.27. The van der Waals surface area contributed by atoms with Crippen LogP contribution in [0.25, 0.3) is 16.6 Å². The fourth-order valence-corrected chi connectivity index (χ4v) is 5.28. The van der Waals surface area contributed by atoms with Gasteiger partial charge in [0.15, 0.2) is 11.6 Å². The van der Waals surface area contributed by atoms with Gasteiger partial charge in [0.05, 0.1) is 12.6 Å². The maximum absolute atomic E-state index is 14.2. The summed E-state index contributed by atoms with van der Waals surface area (Å²) in [5, 5.41) is 9.45. The summed E-state index contributed by atoms with van der Waals surface area (Å²) in [5.74, 6) is -0.296. The molecule has 1 aromatic carbocycles. The highest BCUT2D eigenvalue weighted by atomic mass is 19.1. The molecule has 2 aromatic heterocycles. The lowest BCUT2D eigenvalue weighted by molar-refractivity contribution is 0.0982. The minimum absolute atomic E-state index is 0.158. The molecule has 0 atom stereocenters. The largest absolute Gasteiger partial charge is 0.494 e. The quantitative estimate of drug-likeness (QED) is 0.612. The molecule has 2 saturated heterocycles. The molecule has 2 aliphatic rings. The number of piperidine rings is 1. The smallest absolute Gasteiger partial charge is 0.167 e. The Bertz CT molecular complexity index is 1290. The predicted octanol–water partition coefficient (Wildman–Crippen LogP) is 3.40. The molecule has 0 unspecified atom stereocenters. The zero-order chi connectivity index (χ0) is 24.5. The Labute approximate surface area is 205 Å². The molecule has 0 radical (unpaired) electrons. The molecule has 35 heavy (non-hydrogen) atoms. The van der Waals surface area contributed by atoms with Gasteiger partial charge >= 0.3 is 0 Å². The first kappa shape index (κ1) is 23.5. The molecular formula is C27H33FN6O. The molecule has 0 saturated carbocycles. The van der Waals surface area contributed by atoms with Gasteiger partial charge in [0.1, 0.15) is 5.49 Å². The standard InChI is InChI=1S/C27H33FN6O/c1-19(22-4-8-30-25-18-24(28)26(35-3)17-23(22)25)34-11-7-21(16-27(34)29)32-9-5-20(6-10-32)33-14-12-31(2)13-15-33/h4,7-8,11,16-18,20,29H,1,5-6,9-10,12-15H2,2-3H3. The van der Waals surface area contributed by atoms with Gasteiger partial charge in [-0.1, -0.05) is 6.58 Å². The molecule has 0 amide bonds. The third kappa shape index (κ3) is 4.68. The number of ether oxygens (including phenoxy) is 1. The van der Waals surface area contributed by atoms with Crippen LogP contribution in [-0.2, 0) is 0 Å². The van der Waals surface area contributed by atoms with Gasteiger partial charge in [-0.15, -0.1) is 0 Å². The van der Waals surface area contributed by atoms with Gasteiger partial charge in [0.2, 0.25) is 0 Å². The normalized spacial score (nSPS) is 18.2. The van der Waals surface area contributed by atoms with Crippen LogP contribution in [0.15, 0.2) is 49.3 Å². The SMILES string of the molecule is C=C(c1ccnc2cc(F)c(OC)cc12)n1ccc(N2CCC(N3CCN(C)CC3)CC2)cc1=N. The Hall–Kier alpha value is -3.23. The van der Waals surface area contributed by atoms with Crippen LogP contribution in [0.5, 0.6) is 5.75 Å². The Morgan fingerprint density at radius 2 is 1.83 bits per heavy atom. The molecule has 2 aliphatic heterocycles. The molecule has 1 N–H and O–H groups in total. The van der Waals surface area contributed by atoms with Crippen LogP contribution in [0, 0.1) is 11.2 Å². The number of nitrogens with one attached hydrogen (secondary N) is 1. The van der Waals surface area contributed by atoms with Crippen LogP contribution in [0.1, 0.15) is 18.4 Å². The Morgan fingerprint density at radius 1 is 1.09 bits per heavy atom. The van der Waals surface area contributed by atoms with Gasteiger partial charge in [-0.3, -0.25) is 15.3 Å². The predicted molar refractivity (Wildman–Crippen MR) is 137 cm³/mol. The van der Waals surface area contributed by atoms with E-state index in [1.165, 1.54) is 13.2 Å². The fraction of sp³-hybridized carbons (Fsp3) is 0.407. The second-order valence-corrected chi connectivity index (χ2v) is 9.51. The van der Waals surface area contributed by atoms with Crippen molar-refractivity contribution in [3.8, 4) is 5.75 Å². The number of nitrogens with zero attached hydrogens (tertiary/aromatic N) is 5. The summed E-state index contributed by atoms with van der Waals surface area (Å²) >= 11 is 0. The zero-order valence-corrected chi connectivity index (χ0v) is 20.5. The number of rotatable bonds is 5. The van der Waals surface area contributed by atoms with Crippen LogP contribution in [0.4, 0.5) is 10.1 Å². The Balaban J connectivity index is 1.33. The second kappa shape index (κ2) is 9.79. The van der Waals surface area contributed by atoms with Gasteiger partial charge in [-0.05, 0) is 38.1 Å². The van der Waals surface area contributed by atoms with Crippen molar-refractivity contribution >= 4 is 22.3 Å². The monoisotopic (exact) mass is 476 g/mol. The first-order valence-electron chi connectivity index (χ1n) is 12.2. The van der Waals surface area contributed by atoms with Gasteiger partial charge in [0, 0.05) is 92.2 Å². The lowest BCUT2D eigenvalue weighted by atomic mass is 10.0. The summed E-state index contributed by atoms with van der Waals surface area (Å²) in [7, 11) is 3.64. The first-order valence-corrected chi connectivity index (χ1v) is 12.2. The zero-order valence-electron chi connectivity index (χ0n) is 20.5. The van der Waals surface area contributed by atoms with Crippen molar-refractivity contribution < 1.29 is 9.13 Å². The highest BCUT2D eigenvalue weighted by Crippen LogP contribution is 2.29. The average molecular weight is 477 g/mol. The van der Waals surface area contributed by atoms with Gasteiger partial charge < -0.3 is 19.1 Å². The lowest BCUT2D eigenvalue weighted by Crippen LogP contribution is -2.52. The van der Waals surface area contributed by atoms with E-state index in [-0.39, 0.29) is 5.75 Å². The molecule has 7 nitrogen and oxygen atoms in total. The number of aromatic nitrogens is 2. The molecule has 2 fully saturated rings. The van der Waals surface area contributed by atoms with Crippen molar-refractivity contribution in [1.29, 1.82) is 5.41 Å². The molecule has 3 aromatic rings. The molecule has 4 heterocycles. The van der Waals surface area contributed by atoms with E-state index in [0.717, 1.165) is 68.7 Å². The van der Waals surface area contributed by atoms with Crippen LogP contribution in [0.2, 0.25) is 0 Å². The number of piperazine rings is 1. The number of anilines is 1. The molecule has 5 rings (SSSR count). The Morgan fingerprint density at radius 3 is 2.51 bits per heavy atom. The third-order valence-electron chi connectivity index (χ3n) is 7.44. The van der Waals surface area contributed by atoms with Gasteiger partial charge in [-0.25, -0.2) is 4.39 Å². The molecule has 0 spiro atoms. The van der Waals surface area contributed by atoms with Crippen molar-refractivity contribution in [1.82, 2.24) is 19.4 Å². The van der Waals surface area contributed by atoms with Crippen molar-refractivity contribution in [3.05, 3.63) is 66.2 Å². The maximum Gasteiger partial charge on any atom is 0.167 e. The van der Waals surface area contributed by atoms with E-state index in [1.807, 2.05) is 18.3 Å². The number of fused-ring (bicyclic) bond motifs is 1. The number of hydrogen-bond donors (Lipinski definition) is 1. The molecule has 0 aliphatic carbocycles. The third-order valence-corrected chi connectivity index (χ3v) is 7.44. The molecular weight excluding hydrogens is 443 g/mol. The Kier molecular flexibility index (Phi) is 6.58. The van der Waals surface area contributed by atoms with Crippen molar-refractivity contribution in [2.75, 3.05) is 58.3 Å². The number of pyridine rings is 2. The van der Waals surface area contributed by atoms with Crippen LogP contribution in [0.3, 0.4) is 0 Å². The van der Waals surface area contributed by atoms with Gasteiger partial charge in [0.25, 0.3) is 0 Å². The van der Waals surface area contributed by atoms with E-state index in [9.17, 15) is 4.39 Å². The molecule has 184 valence electrons. The number of hydrogen-bond acceptors (Lipinski definition) is 6. The first-order chi connectivity index (χ1) is 16.9. The van der Waals surface area contributed by atoms with Crippen molar-refractivity contribution in [2.45, 2.75) is 18.9 Å². The summed E-state index contributed by atoms with van der Waals surface area (Å²) in [4.78, 5) is 11.7. The van der Waals surface area contributed by atoms with E-state index in [4.69, 9.17) is 10.1 Å². The summed E-state index contributed by atoms with van der Waals surface area (Å²) in [6, 6.07) is 9.47. The molecule has 0 bridgehead atoms. The molecule has 8 heteroatoms. The van der Waals surface area contributed by atoms with E-state index in [1.54, 1.807) is 16.8 Å². The van der Waals surface area contributed by atoms with Gasteiger partial charge in [-0.2, -0.15) is 0 Å². The van der Waals surface area contributed by atoms with Crippen molar-refractivity contribution in [3.63, 3.8) is 0 Å². The topological polar surface area (TPSA) is 60.6 Å². The second-order valence-electron chi connectivity index (χ2n) is 9.51. The number of benzene rings is 1. The van der Waals surface area contributed by atoms with E-state index in [0.29, 0.717) is 22.7 Å². The minimum atomic E-state index is -0.454. The summed E-state index contributed by atoms with van der Waals surface area (Å²) < 4.78 is 21.1. The van der Waals surface area contributed by atoms with E-state index in [2.05, 4.69) is 39.4 Å². The van der Waals surface area contributed by atoms with E-state index < -0.39 is 5.82 Å². The maximum atomic E-state index is 14.2. The minimum Gasteiger partial charge on any atom is -0.494 e. The number of methoxy groups -OCH3 is 1. The van der Waals surface area contributed by atoms with Crippen LogP contribution < -0.4 is 15.1 Å².